The van der Waals surface area contributed by atoms with Crippen molar-refractivity contribution in [2.24, 2.45) is 5.92 Å². The molecule has 0 spiro atoms. The van der Waals surface area contributed by atoms with Crippen LogP contribution in [0.5, 0.6) is 5.75 Å². The normalized spacial score (nSPS) is 26.0. The molecule has 1 aromatic rings. The molecule has 2 amide bonds. The molecule has 4 rings (SSSR count). The number of nitrogens with one attached hydrogen (secondary N) is 1. The Hall–Kier alpha value is -2.13. The van der Waals surface area contributed by atoms with E-state index < -0.39 is 16.1 Å². The number of likely N-dealkylation sites (tertiary alicyclic amines) is 1. The van der Waals surface area contributed by atoms with Gasteiger partial charge in [0.25, 0.3) is 5.91 Å². The van der Waals surface area contributed by atoms with Crippen LogP contribution < -0.4 is 10.1 Å². The van der Waals surface area contributed by atoms with E-state index in [0.29, 0.717) is 37.5 Å². The Bertz CT molecular complexity index is 901. The summed E-state index contributed by atoms with van der Waals surface area (Å²) >= 11 is 0. The van der Waals surface area contributed by atoms with Crippen LogP contribution in [0.15, 0.2) is 23.1 Å². The molecule has 3 heterocycles. The van der Waals surface area contributed by atoms with Crippen LogP contribution in [-0.4, -0.2) is 61.7 Å². The van der Waals surface area contributed by atoms with Gasteiger partial charge in [-0.3, -0.25) is 9.59 Å². The number of hydrogen-bond donors (Lipinski definition) is 1. The third-order valence-electron chi connectivity index (χ3n) is 5.65. The van der Waals surface area contributed by atoms with E-state index in [2.05, 4.69) is 5.32 Å². The van der Waals surface area contributed by atoms with Crippen LogP contribution in [-0.2, 0) is 19.6 Å². The van der Waals surface area contributed by atoms with E-state index in [1.165, 1.54) is 16.4 Å². The van der Waals surface area contributed by atoms with Gasteiger partial charge in [-0.05, 0) is 50.3 Å². The molecule has 1 N–H and O–H groups in total. The number of benzene rings is 1. The average molecular weight is 407 g/mol. The number of amides is 2. The van der Waals surface area contributed by atoms with Gasteiger partial charge >= 0.3 is 0 Å². The van der Waals surface area contributed by atoms with Crippen LogP contribution in [0.2, 0.25) is 0 Å². The smallest absolute Gasteiger partial charge is 0.265 e. The number of carbonyl (C=O) groups excluding carboxylic acids is 2. The summed E-state index contributed by atoms with van der Waals surface area (Å²) in [5, 5.41) is 2.70. The van der Waals surface area contributed by atoms with Crippen molar-refractivity contribution in [1.82, 2.24) is 9.21 Å². The summed E-state index contributed by atoms with van der Waals surface area (Å²) in [6, 6.07) is 4.57. The number of anilines is 1. The molecule has 3 aliphatic heterocycles. The molecule has 9 heteroatoms. The number of sulfonamides is 1. The van der Waals surface area contributed by atoms with E-state index in [-0.39, 0.29) is 22.6 Å². The van der Waals surface area contributed by atoms with E-state index in [1.54, 1.807) is 13.0 Å². The molecule has 1 aromatic carbocycles. The van der Waals surface area contributed by atoms with Crippen molar-refractivity contribution in [3.8, 4) is 5.75 Å². The van der Waals surface area contributed by atoms with E-state index in [0.717, 1.165) is 25.8 Å². The number of carbonyl (C=O) groups is 2. The first-order valence-electron chi connectivity index (χ1n) is 9.74. The van der Waals surface area contributed by atoms with Crippen molar-refractivity contribution in [1.29, 1.82) is 0 Å². The fourth-order valence-electron chi connectivity index (χ4n) is 4.10. The van der Waals surface area contributed by atoms with Crippen molar-refractivity contribution in [2.75, 3.05) is 31.5 Å². The number of rotatable bonds is 4. The lowest BCUT2D eigenvalue weighted by molar-refractivity contribution is -0.128. The molecule has 2 saturated heterocycles. The maximum atomic E-state index is 13.2. The molecular formula is C19H25N3O5S. The first kappa shape index (κ1) is 19.2. The summed E-state index contributed by atoms with van der Waals surface area (Å²) in [5.41, 5.74) is 0.375. The molecule has 0 radical (unpaired) electrons. The largest absolute Gasteiger partial charge is 0.479 e. The second-order valence-corrected chi connectivity index (χ2v) is 9.66. The molecule has 28 heavy (non-hydrogen) atoms. The van der Waals surface area contributed by atoms with Crippen molar-refractivity contribution in [3.63, 3.8) is 0 Å². The van der Waals surface area contributed by atoms with Crippen LogP contribution >= 0.6 is 0 Å². The Balaban J connectivity index is 1.50. The van der Waals surface area contributed by atoms with Gasteiger partial charge in [0.05, 0.1) is 10.6 Å². The van der Waals surface area contributed by atoms with Gasteiger partial charge < -0.3 is 15.0 Å². The number of piperidine rings is 1. The second kappa shape index (κ2) is 7.36. The molecule has 2 atom stereocenters. The van der Waals surface area contributed by atoms with Gasteiger partial charge in [0, 0.05) is 32.6 Å². The first-order chi connectivity index (χ1) is 13.3. The van der Waals surface area contributed by atoms with Crippen molar-refractivity contribution >= 4 is 27.5 Å². The molecular weight excluding hydrogens is 382 g/mol. The molecule has 2 fully saturated rings. The first-order valence-corrected chi connectivity index (χ1v) is 11.2. The minimum absolute atomic E-state index is 0.141. The summed E-state index contributed by atoms with van der Waals surface area (Å²) in [7, 11) is -3.68. The zero-order chi connectivity index (χ0) is 19.9. The van der Waals surface area contributed by atoms with Gasteiger partial charge in [-0.25, -0.2) is 8.42 Å². The standard InChI is InChI=1S/C19H25N3O5S/c1-13-19(24)20-16-10-15(6-7-17(16)27-13)28(25,26)22-9-2-4-14(12-22)11-21-8-3-5-18(21)23/h6-7,10,13-14H,2-5,8-9,11-12H2,1H3,(H,20,24)/t13-,14-/m0/s1. The average Bonchev–Trinajstić information content (AvgIpc) is 3.07. The van der Waals surface area contributed by atoms with Gasteiger partial charge in [0.2, 0.25) is 15.9 Å². The zero-order valence-electron chi connectivity index (χ0n) is 15.9. The Labute approximate surface area is 164 Å². The molecule has 0 aromatic heterocycles. The highest BCUT2D eigenvalue weighted by Gasteiger charge is 2.33. The maximum Gasteiger partial charge on any atom is 0.265 e. The summed E-state index contributed by atoms with van der Waals surface area (Å²) in [6.45, 7) is 3.90. The van der Waals surface area contributed by atoms with Gasteiger partial charge in [0.15, 0.2) is 6.10 Å². The fraction of sp³-hybridized carbons (Fsp3) is 0.579. The van der Waals surface area contributed by atoms with Crippen LogP contribution in [0.4, 0.5) is 5.69 Å². The molecule has 3 aliphatic rings. The Morgan fingerprint density at radius 3 is 2.79 bits per heavy atom. The molecule has 0 aliphatic carbocycles. The van der Waals surface area contributed by atoms with E-state index >= 15 is 0 Å². The minimum atomic E-state index is -3.68. The third kappa shape index (κ3) is 3.60. The topological polar surface area (TPSA) is 96.0 Å². The van der Waals surface area contributed by atoms with E-state index in [4.69, 9.17) is 4.74 Å². The van der Waals surface area contributed by atoms with Crippen LogP contribution in [0.25, 0.3) is 0 Å². The Kier molecular flexibility index (Phi) is 5.05. The van der Waals surface area contributed by atoms with E-state index in [1.807, 2.05) is 4.90 Å². The summed E-state index contributed by atoms with van der Waals surface area (Å²) in [6.07, 6.45) is 2.56. The lowest BCUT2D eigenvalue weighted by Crippen LogP contribution is -2.44. The van der Waals surface area contributed by atoms with Crippen molar-refractivity contribution < 1.29 is 22.7 Å². The highest BCUT2D eigenvalue weighted by molar-refractivity contribution is 7.89. The van der Waals surface area contributed by atoms with Crippen LogP contribution in [0.3, 0.4) is 0 Å². The van der Waals surface area contributed by atoms with Gasteiger partial charge in [0.1, 0.15) is 5.75 Å². The molecule has 152 valence electrons. The highest BCUT2D eigenvalue weighted by Crippen LogP contribution is 2.33. The predicted octanol–water partition coefficient (Wildman–Crippen LogP) is 1.43. The van der Waals surface area contributed by atoms with Crippen LogP contribution in [0, 0.1) is 5.92 Å². The Morgan fingerprint density at radius 2 is 2.04 bits per heavy atom. The number of nitrogens with zero attached hydrogens (tertiary/aromatic N) is 2. The minimum Gasteiger partial charge on any atom is -0.479 e. The number of ether oxygens (including phenoxy) is 1. The highest BCUT2D eigenvalue weighted by atomic mass is 32.2. The predicted molar refractivity (Wildman–Crippen MR) is 102 cm³/mol. The van der Waals surface area contributed by atoms with Gasteiger partial charge in [-0.2, -0.15) is 4.31 Å². The van der Waals surface area contributed by atoms with E-state index in [9.17, 15) is 18.0 Å². The van der Waals surface area contributed by atoms with Gasteiger partial charge in [-0.15, -0.1) is 0 Å². The molecule has 0 unspecified atom stereocenters. The molecule has 0 bridgehead atoms. The zero-order valence-corrected chi connectivity index (χ0v) is 16.7. The summed E-state index contributed by atoms with van der Waals surface area (Å²) in [4.78, 5) is 25.7. The number of fused-ring (bicyclic) bond motifs is 1. The quantitative estimate of drug-likeness (QED) is 0.815. The lowest BCUT2D eigenvalue weighted by Gasteiger charge is -2.34. The monoisotopic (exact) mass is 407 g/mol. The third-order valence-corrected chi connectivity index (χ3v) is 7.51. The fourth-order valence-corrected chi connectivity index (χ4v) is 5.68. The second-order valence-electron chi connectivity index (χ2n) is 7.72. The SMILES string of the molecule is C[C@@H]1Oc2ccc(S(=O)(=O)N3CCC[C@@H](CN4CCCC4=O)C3)cc2NC1=O. The maximum absolute atomic E-state index is 13.2. The van der Waals surface area contributed by atoms with Crippen molar-refractivity contribution in [2.45, 2.75) is 43.6 Å². The molecule has 0 saturated carbocycles. The molecule has 8 nitrogen and oxygen atoms in total. The summed E-state index contributed by atoms with van der Waals surface area (Å²) < 4.78 is 33.3. The van der Waals surface area contributed by atoms with Crippen LogP contribution in [0.1, 0.15) is 32.6 Å². The Morgan fingerprint density at radius 1 is 1.21 bits per heavy atom. The summed E-state index contributed by atoms with van der Waals surface area (Å²) in [5.74, 6) is 0.484. The van der Waals surface area contributed by atoms with Crippen molar-refractivity contribution in [3.05, 3.63) is 18.2 Å². The van der Waals surface area contributed by atoms with Gasteiger partial charge in [-0.1, -0.05) is 0 Å². The number of hydrogen-bond acceptors (Lipinski definition) is 5. The lowest BCUT2D eigenvalue weighted by atomic mass is 9.99.